The first kappa shape index (κ1) is 12.0. The topological polar surface area (TPSA) is 24.5 Å². The van der Waals surface area contributed by atoms with Crippen molar-refractivity contribution in [2.75, 3.05) is 32.8 Å². The molecule has 2 fully saturated rings. The normalized spacial score (nSPS) is 32.0. The summed E-state index contributed by atoms with van der Waals surface area (Å²) >= 11 is 0. The zero-order valence-corrected chi connectivity index (χ0v) is 9.26. The van der Waals surface area contributed by atoms with Gasteiger partial charge in [-0.3, -0.25) is 4.90 Å². The van der Waals surface area contributed by atoms with Gasteiger partial charge < -0.3 is 10.1 Å². The molecule has 0 aromatic rings. The molecule has 2 heterocycles. The standard InChI is InChI=1S/C10H18N2O.ClH/c1-2-5-13-10-6-9-7-11-3-4-12(9)8-10;/h2,9-11H,1,3-8H2;1H. The highest BCUT2D eigenvalue weighted by Crippen LogP contribution is 2.20. The van der Waals surface area contributed by atoms with Crippen LogP contribution in [0.25, 0.3) is 0 Å². The van der Waals surface area contributed by atoms with E-state index in [1.165, 1.54) is 13.0 Å². The monoisotopic (exact) mass is 218 g/mol. The first-order valence-corrected chi connectivity index (χ1v) is 5.07. The van der Waals surface area contributed by atoms with Gasteiger partial charge in [0, 0.05) is 32.2 Å². The summed E-state index contributed by atoms with van der Waals surface area (Å²) in [4.78, 5) is 2.53. The number of halogens is 1. The van der Waals surface area contributed by atoms with Gasteiger partial charge in [0.05, 0.1) is 12.7 Å². The largest absolute Gasteiger partial charge is 0.373 e. The zero-order chi connectivity index (χ0) is 9.10. The van der Waals surface area contributed by atoms with Crippen LogP contribution in [0.15, 0.2) is 12.7 Å². The lowest BCUT2D eigenvalue weighted by atomic mass is 10.2. The van der Waals surface area contributed by atoms with Crippen LogP contribution in [0.2, 0.25) is 0 Å². The fourth-order valence-corrected chi connectivity index (χ4v) is 2.24. The fraction of sp³-hybridized carbons (Fsp3) is 0.800. The van der Waals surface area contributed by atoms with E-state index in [4.69, 9.17) is 4.74 Å². The molecule has 2 saturated heterocycles. The number of hydrogen-bond donors (Lipinski definition) is 1. The molecule has 2 aliphatic heterocycles. The van der Waals surface area contributed by atoms with E-state index in [1.807, 2.05) is 6.08 Å². The molecule has 2 aliphatic rings. The number of fused-ring (bicyclic) bond motifs is 1. The SMILES string of the molecule is C=CCOC1CC2CNCCN2C1.Cl. The van der Waals surface area contributed by atoms with Crippen molar-refractivity contribution < 1.29 is 4.74 Å². The van der Waals surface area contributed by atoms with E-state index in [-0.39, 0.29) is 12.4 Å². The van der Waals surface area contributed by atoms with Gasteiger partial charge in [0.2, 0.25) is 0 Å². The molecule has 82 valence electrons. The smallest absolute Gasteiger partial charge is 0.0721 e. The van der Waals surface area contributed by atoms with Crippen molar-refractivity contribution in [2.24, 2.45) is 0 Å². The van der Waals surface area contributed by atoms with E-state index in [2.05, 4.69) is 16.8 Å². The van der Waals surface area contributed by atoms with Crippen molar-refractivity contribution in [1.29, 1.82) is 0 Å². The predicted molar refractivity (Wildman–Crippen MR) is 60.0 cm³/mol. The summed E-state index contributed by atoms with van der Waals surface area (Å²) in [7, 11) is 0. The number of hydrogen-bond acceptors (Lipinski definition) is 3. The summed E-state index contributed by atoms with van der Waals surface area (Å²) in [5.74, 6) is 0. The van der Waals surface area contributed by atoms with Crippen LogP contribution in [0.5, 0.6) is 0 Å². The highest BCUT2D eigenvalue weighted by molar-refractivity contribution is 5.85. The number of rotatable bonds is 3. The van der Waals surface area contributed by atoms with Crippen LogP contribution in [-0.4, -0.2) is 49.8 Å². The first-order valence-electron chi connectivity index (χ1n) is 5.07. The van der Waals surface area contributed by atoms with E-state index in [9.17, 15) is 0 Å². The van der Waals surface area contributed by atoms with Crippen molar-refractivity contribution >= 4 is 12.4 Å². The molecule has 1 N–H and O–H groups in total. The van der Waals surface area contributed by atoms with Crippen LogP contribution in [0.3, 0.4) is 0 Å². The molecule has 0 saturated carbocycles. The molecule has 0 radical (unpaired) electrons. The van der Waals surface area contributed by atoms with Gasteiger partial charge in [-0.1, -0.05) is 6.08 Å². The van der Waals surface area contributed by atoms with Crippen LogP contribution >= 0.6 is 12.4 Å². The molecule has 4 heteroatoms. The number of nitrogens with one attached hydrogen (secondary N) is 1. The minimum atomic E-state index is 0. The van der Waals surface area contributed by atoms with Gasteiger partial charge in [-0.05, 0) is 6.42 Å². The Labute approximate surface area is 91.9 Å². The maximum absolute atomic E-state index is 5.66. The highest BCUT2D eigenvalue weighted by atomic mass is 35.5. The second-order valence-corrected chi connectivity index (χ2v) is 3.83. The minimum Gasteiger partial charge on any atom is -0.373 e. The average Bonchev–Trinajstić information content (AvgIpc) is 2.57. The predicted octanol–water partition coefficient (Wildman–Crippen LogP) is 0.657. The van der Waals surface area contributed by atoms with Crippen molar-refractivity contribution in [3.8, 4) is 0 Å². The van der Waals surface area contributed by atoms with Crippen LogP contribution in [0.4, 0.5) is 0 Å². The fourth-order valence-electron chi connectivity index (χ4n) is 2.24. The Hall–Kier alpha value is -0.0900. The average molecular weight is 219 g/mol. The Morgan fingerprint density at radius 3 is 3.14 bits per heavy atom. The molecule has 0 aliphatic carbocycles. The molecule has 0 amide bonds. The summed E-state index contributed by atoms with van der Waals surface area (Å²) in [5, 5.41) is 3.42. The van der Waals surface area contributed by atoms with Gasteiger partial charge in [0.1, 0.15) is 0 Å². The summed E-state index contributed by atoms with van der Waals surface area (Å²) < 4.78 is 5.66. The lowest BCUT2D eigenvalue weighted by molar-refractivity contribution is 0.0804. The van der Waals surface area contributed by atoms with Crippen LogP contribution in [-0.2, 0) is 4.74 Å². The molecule has 2 unspecified atom stereocenters. The molecular weight excluding hydrogens is 200 g/mol. The quantitative estimate of drug-likeness (QED) is 0.705. The molecular formula is C10H19ClN2O. The lowest BCUT2D eigenvalue weighted by Crippen LogP contribution is -2.47. The van der Waals surface area contributed by atoms with Crippen LogP contribution in [0, 0.1) is 0 Å². The summed E-state index contributed by atoms with van der Waals surface area (Å²) in [5.41, 5.74) is 0. The van der Waals surface area contributed by atoms with Crippen molar-refractivity contribution in [1.82, 2.24) is 10.2 Å². The van der Waals surface area contributed by atoms with Crippen molar-refractivity contribution in [3.05, 3.63) is 12.7 Å². The lowest BCUT2D eigenvalue weighted by Gasteiger charge is -2.29. The van der Waals surface area contributed by atoms with E-state index in [1.54, 1.807) is 0 Å². The summed E-state index contributed by atoms with van der Waals surface area (Å²) in [6.07, 6.45) is 3.44. The van der Waals surface area contributed by atoms with Gasteiger partial charge in [0.25, 0.3) is 0 Å². The summed E-state index contributed by atoms with van der Waals surface area (Å²) in [6.45, 7) is 8.91. The Kier molecular flexibility index (Phi) is 4.89. The Morgan fingerprint density at radius 1 is 1.57 bits per heavy atom. The molecule has 2 rings (SSSR count). The maximum Gasteiger partial charge on any atom is 0.0721 e. The third-order valence-corrected chi connectivity index (χ3v) is 2.90. The third-order valence-electron chi connectivity index (χ3n) is 2.90. The second-order valence-electron chi connectivity index (χ2n) is 3.83. The molecule has 14 heavy (non-hydrogen) atoms. The minimum absolute atomic E-state index is 0. The van der Waals surface area contributed by atoms with E-state index >= 15 is 0 Å². The van der Waals surface area contributed by atoms with Crippen LogP contribution in [0.1, 0.15) is 6.42 Å². The van der Waals surface area contributed by atoms with Crippen molar-refractivity contribution in [2.45, 2.75) is 18.6 Å². The number of nitrogens with zero attached hydrogens (tertiary/aromatic N) is 1. The third kappa shape index (κ3) is 2.70. The highest BCUT2D eigenvalue weighted by Gasteiger charge is 2.33. The Bertz CT molecular complexity index is 175. The van der Waals surface area contributed by atoms with Gasteiger partial charge in [-0.2, -0.15) is 0 Å². The Balaban J connectivity index is 0.000000980. The Morgan fingerprint density at radius 2 is 2.43 bits per heavy atom. The van der Waals surface area contributed by atoms with E-state index in [0.29, 0.717) is 18.8 Å². The van der Waals surface area contributed by atoms with Crippen LogP contribution < -0.4 is 5.32 Å². The zero-order valence-electron chi connectivity index (χ0n) is 8.45. The van der Waals surface area contributed by atoms with Crippen molar-refractivity contribution in [3.63, 3.8) is 0 Å². The first-order chi connectivity index (χ1) is 6.40. The molecule has 0 spiro atoms. The molecule has 0 aromatic carbocycles. The number of ether oxygens (including phenoxy) is 1. The van der Waals surface area contributed by atoms with Gasteiger partial charge >= 0.3 is 0 Å². The van der Waals surface area contributed by atoms with E-state index < -0.39 is 0 Å². The van der Waals surface area contributed by atoms with Gasteiger partial charge in [-0.15, -0.1) is 19.0 Å². The second kappa shape index (κ2) is 5.71. The molecule has 0 aromatic heterocycles. The number of piperazine rings is 1. The van der Waals surface area contributed by atoms with E-state index in [0.717, 1.165) is 19.6 Å². The van der Waals surface area contributed by atoms with Gasteiger partial charge in [0.15, 0.2) is 0 Å². The molecule has 0 bridgehead atoms. The maximum atomic E-state index is 5.66. The summed E-state index contributed by atoms with van der Waals surface area (Å²) in [6, 6.07) is 0.712. The molecule has 3 nitrogen and oxygen atoms in total. The molecule has 2 atom stereocenters. The van der Waals surface area contributed by atoms with Gasteiger partial charge in [-0.25, -0.2) is 0 Å².